The van der Waals surface area contributed by atoms with Crippen LogP contribution in [-0.4, -0.2) is 30.1 Å². The van der Waals surface area contributed by atoms with Gasteiger partial charge in [0.1, 0.15) is 12.2 Å². The fraction of sp³-hybridized carbons (Fsp3) is 0.125. The topological polar surface area (TPSA) is 71.5 Å². The normalized spacial score (nSPS) is 10.3. The predicted molar refractivity (Wildman–Crippen MR) is 126 cm³/mol. The zero-order chi connectivity index (χ0) is 23.1. The van der Waals surface area contributed by atoms with E-state index in [1.807, 2.05) is 12.3 Å². The van der Waals surface area contributed by atoms with E-state index in [0.29, 0.717) is 17.1 Å². The van der Waals surface area contributed by atoms with E-state index in [2.05, 4.69) is 16.9 Å². The molecule has 1 aromatic heterocycles. The van der Waals surface area contributed by atoms with Crippen LogP contribution in [-0.2, 0) is 9.59 Å². The number of hydrogen-bond acceptors (Lipinski definition) is 5. The van der Waals surface area contributed by atoms with Gasteiger partial charge in [0.15, 0.2) is 11.6 Å². The van der Waals surface area contributed by atoms with E-state index in [9.17, 15) is 14.0 Å². The SMILES string of the molecule is C=Cc1nccc(Oc2ccc(NC(=O)CC(=O)N(C)c3ccccc3)cc2F)c1SC. The van der Waals surface area contributed by atoms with Crippen molar-refractivity contribution >= 4 is 41.0 Å². The van der Waals surface area contributed by atoms with Gasteiger partial charge in [0.05, 0.1) is 10.6 Å². The van der Waals surface area contributed by atoms with Crippen LogP contribution in [0.3, 0.4) is 0 Å². The summed E-state index contributed by atoms with van der Waals surface area (Å²) in [6.45, 7) is 3.72. The highest BCUT2D eigenvalue weighted by atomic mass is 32.2. The largest absolute Gasteiger partial charge is 0.453 e. The van der Waals surface area contributed by atoms with Crippen LogP contribution in [0.1, 0.15) is 12.1 Å². The molecule has 164 valence electrons. The van der Waals surface area contributed by atoms with Crippen LogP contribution in [0.2, 0.25) is 0 Å². The van der Waals surface area contributed by atoms with Crippen molar-refractivity contribution in [2.75, 3.05) is 23.5 Å². The molecule has 32 heavy (non-hydrogen) atoms. The molecule has 0 atom stereocenters. The zero-order valence-corrected chi connectivity index (χ0v) is 18.5. The number of hydrogen-bond donors (Lipinski definition) is 1. The number of carbonyl (C=O) groups is 2. The summed E-state index contributed by atoms with van der Waals surface area (Å²) in [6.07, 6.45) is 4.65. The first-order valence-corrected chi connectivity index (χ1v) is 10.9. The number of para-hydroxylation sites is 1. The minimum Gasteiger partial charge on any atom is -0.453 e. The lowest BCUT2D eigenvalue weighted by Crippen LogP contribution is -2.30. The highest BCUT2D eigenvalue weighted by molar-refractivity contribution is 7.98. The number of nitrogens with one attached hydrogen (secondary N) is 1. The van der Waals surface area contributed by atoms with Gasteiger partial charge in [-0.1, -0.05) is 24.8 Å². The summed E-state index contributed by atoms with van der Waals surface area (Å²) in [4.78, 5) is 30.9. The summed E-state index contributed by atoms with van der Waals surface area (Å²) >= 11 is 1.42. The molecule has 8 heteroatoms. The molecule has 1 heterocycles. The summed E-state index contributed by atoms with van der Waals surface area (Å²) in [6, 6.07) is 14.7. The second-order valence-corrected chi connectivity index (χ2v) is 7.51. The first-order valence-electron chi connectivity index (χ1n) is 9.67. The third-order valence-corrected chi connectivity index (χ3v) is 5.38. The summed E-state index contributed by atoms with van der Waals surface area (Å²) in [5.41, 5.74) is 1.55. The monoisotopic (exact) mass is 451 g/mol. The number of thioether (sulfide) groups is 1. The predicted octanol–water partition coefficient (Wildman–Crippen LogP) is 5.37. The van der Waals surface area contributed by atoms with Crippen LogP contribution in [0.4, 0.5) is 15.8 Å². The maximum absolute atomic E-state index is 14.6. The van der Waals surface area contributed by atoms with Crippen LogP contribution in [0, 0.1) is 5.82 Å². The third kappa shape index (κ3) is 5.53. The van der Waals surface area contributed by atoms with Gasteiger partial charge in [0.2, 0.25) is 11.8 Å². The molecule has 0 unspecified atom stereocenters. The number of rotatable bonds is 8. The average molecular weight is 452 g/mol. The van der Waals surface area contributed by atoms with Crippen molar-refractivity contribution in [3.8, 4) is 11.5 Å². The Hall–Kier alpha value is -3.65. The molecule has 0 fully saturated rings. The Morgan fingerprint density at radius 1 is 1.19 bits per heavy atom. The van der Waals surface area contributed by atoms with Crippen LogP contribution < -0.4 is 15.0 Å². The zero-order valence-electron chi connectivity index (χ0n) is 17.7. The minimum atomic E-state index is -0.653. The van der Waals surface area contributed by atoms with Crippen molar-refractivity contribution < 1.29 is 18.7 Å². The van der Waals surface area contributed by atoms with Gasteiger partial charge in [0.25, 0.3) is 0 Å². The van der Waals surface area contributed by atoms with Gasteiger partial charge in [-0.3, -0.25) is 14.6 Å². The molecule has 2 amide bonds. The molecule has 0 spiro atoms. The Balaban J connectivity index is 1.66. The second kappa shape index (κ2) is 10.6. The Morgan fingerprint density at radius 3 is 2.59 bits per heavy atom. The number of carbonyl (C=O) groups excluding carboxylic acids is 2. The minimum absolute atomic E-state index is 0.000557. The van der Waals surface area contributed by atoms with E-state index >= 15 is 0 Å². The Kier molecular flexibility index (Phi) is 7.62. The molecule has 6 nitrogen and oxygen atoms in total. The molecular weight excluding hydrogens is 429 g/mol. The van der Waals surface area contributed by atoms with Crippen molar-refractivity contribution in [3.05, 3.63) is 78.9 Å². The lowest BCUT2D eigenvalue weighted by molar-refractivity contribution is -0.125. The number of halogens is 1. The van der Waals surface area contributed by atoms with E-state index in [4.69, 9.17) is 4.74 Å². The number of nitrogens with zero attached hydrogens (tertiary/aromatic N) is 2. The molecule has 0 radical (unpaired) electrons. The van der Waals surface area contributed by atoms with Gasteiger partial charge in [-0.15, -0.1) is 11.8 Å². The molecular formula is C24H22FN3O3S. The fourth-order valence-corrected chi connectivity index (χ4v) is 3.57. The van der Waals surface area contributed by atoms with E-state index in [1.54, 1.807) is 49.7 Å². The molecule has 0 aliphatic heterocycles. The van der Waals surface area contributed by atoms with Gasteiger partial charge in [-0.05, 0) is 36.6 Å². The number of anilines is 2. The van der Waals surface area contributed by atoms with Gasteiger partial charge in [-0.2, -0.15) is 0 Å². The molecule has 0 aliphatic rings. The average Bonchev–Trinajstić information content (AvgIpc) is 2.80. The van der Waals surface area contributed by atoms with Crippen LogP contribution in [0.15, 0.2) is 72.3 Å². The molecule has 1 N–H and O–H groups in total. The Labute approximate surface area is 190 Å². The molecule has 0 aliphatic carbocycles. The van der Waals surface area contributed by atoms with E-state index in [1.165, 1.54) is 28.8 Å². The molecule has 0 saturated carbocycles. The quantitative estimate of drug-likeness (QED) is 0.368. The molecule has 0 saturated heterocycles. The van der Waals surface area contributed by atoms with Crippen LogP contribution >= 0.6 is 11.8 Å². The maximum atomic E-state index is 14.6. The number of aromatic nitrogens is 1. The van der Waals surface area contributed by atoms with Crippen LogP contribution in [0.5, 0.6) is 11.5 Å². The summed E-state index contributed by atoms with van der Waals surface area (Å²) in [5.74, 6) is -1.12. The number of pyridine rings is 1. The Bertz CT molecular complexity index is 1140. The third-order valence-electron chi connectivity index (χ3n) is 4.56. The van der Waals surface area contributed by atoms with Crippen molar-refractivity contribution in [1.29, 1.82) is 0 Å². The van der Waals surface area contributed by atoms with E-state index < -0.39 is 11.7 Å². The maximum Gasteiger partial charge on any atom is 0.236 e. The number of amides is 2. The van der Waals surface area contributed by atoms with Gasteiger partial charge in [-0.25, -0.2) is 4.39 Å². The Morgan fingerprint density at radius 2 is 1.94 bits per heavy atom. The summed E-state index contributed by atoms with van der Waals surface area (Å²) in [7, 11) is 1.59. The van der Waals surface area contributed by atoms with Crippen molar-refractivity contribution in [1.82, 2.24) is 4.98 Å². The highest BCUT2D eigenvalue weighted by Gasteiger charge is 2.17. The molecule has 2 aromatic carbocycles. The van der Waals surface area contributed by atoms with E-state index in [-0.39, 0.29) is 23.8 Å². The van der Waals surface area contributed by atoms with Crippen molar-refractivity contribution in [2.24, 2.45) is 0 Å². The summed E-state index contributed by atoms with van der Waals surface area (Å²) in [5, 5.41) is 2.54. The molecule has 0 bridgehead atoms. The lowest BCUT2D eigenvalue weighted by atomic mass is 10.2. The standard InChI is InChI=1S/C24H22FN3O3S/c1-4-19-24(32-3)21(12-13-26-19)31-20-11-10-16(14-18(20)25)27-22(29)15-23(30)28(2)17-8-6-5-7-9-17/h4-14H,1,15H2,2-3H3,(H,27,29). The van der Waals surface area contributed by atoms with Crippen molar-refractivity contribution in [3.63, 3.8) is 0 Å². The van der Waals surface area contributed by atoms with Crippen molar-refractivity contribution in [2.45, 2.75) is 11.3 Å². The van der Waals surface area contributed by atoms with Gasteiger partial charge >= 0.3 is 0 Å². The summed E-state index contributed by atoms with van der Waals surface area (Å²) < 4.78 is 20.3. The number of benzene rings is 2. The van der Waals surface area contributed by atoms with Crippen LogP contribution in [0.25, 0.3) is 6.08 Å². The molecule has 3 rings (SSSR count). The number of ether oxygens (including phenoxy) is 1. The second-order valence-electron chi connectivity index (χ2n) is 6.69. The fourth-order valence-electron chi connectivity index (χ4n) is 2.91. The highest BCUT2D eigenvalue weighted by Crippen LogP contribution is 2.35. The van der Waals surface area contributed by atoms with Gasteiger partial charge < -0.3 is 15.0 Å². The van der Waals surface area contributed by atoms with Gasteiger partial charge in [0, 0.05) is 36.8 Å². The van der Waals surface area contributed by atoms with E-state index in [0.717, 1.165) is 11.0 Å². The smallest absolute Gasteiger partial charge is 0.236 e. The first kappa shape index (κ1) is 23.0. The first-order chi connectivity index (χ1) is 15.4. The molecule has 3 aromatic rings. The lowest BCUT2D eigenvalue weighted by Gasteiger charge is -2.17.